The van der Waals surface area contributed by atoms with E-state index in [2.05, 4.69) is 23.9 Å². The molecule has 5 nitrogen and oxygen atoms in total. The standard InChI is InChI=1S/C14H21N3O2/c1-9-7-17(8-10(9)2)13-6-11(19-3)4-5-12(13)14(15)16-18/h4-6,9-10,18H,7-8H2,1-3H3,(H2,15,16). The van der Waals surface area contributed by atoms with E-state index in [0.29, 0.717) is 11.8 Å². The number of ether oxygens (including phenoxy) is 1. The van der Waals surface area contributed by atoms with Crippen LogP contribution in [0.5, 0.6) is 5.75 Å². The molecule has 2 unspecified atom stereocenters. The fourth-order valence-corrected chi connectivity index (χ4v) is 2.50. The van der Waals surface area contributed by atoms with E-state index in [4.69, 9.17) is 15.7 Å². The van der Waals surface area contributed by atoms with Crippen LogP contribution in [0.25, 0.3) is 0 Å². The Hall–Kier alpha value is -1.91. The zero-order chi connectivity index (χ0) is 14.0. The smallest absolute Gasteiger partial charge is 0.172 e. The molecule has 1 aromatic rings. The molecular formula is C14H21N3O2. The first-order valence-corrected chi connectivity index (χ1v) is 6.47. The monoisotopic (exact) mass is 263 g/mol. The van der Waals surface area contributed by atoms with Crippen molar-refractivity contribution in [3.63, 3.8) is 0 Å². The number of hydrogen-bond acceptors (Lipinski definition) is 4. The number of anilines is 1. The van der Waals surface area contributed by atoms with Gasteiger partial charge < -0.3 is 20.6 Å². The highest BCUT2D eigenvalue weighted by Gasteiger charge is 2.28. The molecular weight excluding hydrogens is 242 g/mol. The molecule has 104 valence electrons. The molecule has 1 aromatic carbocycles. The third kappa shape index (κ3) is 2.59. The highest BCUT2D eigenvalue weighted by Crippen LogP contribution is 2.32. The van der Waals surface area contributed by atoms with Gasteiger partial charge in [0.15, 0.2) is 5.84 Å². The van der Waals surface area contributed by atoms with Gasteiger partial charge in [-0.3, -0.25) is 0 Å². The lowest BCUT2D eigenvalue weighted by Gasteiger charge is -2.22. The molecule has 0 amide bonds. The topological polar surface area (TPSA) is 71.1 Å². The van der Waals surface area contributed by atoms with Crippen LogP contribution in [-0.4, -0.2) is 31.2 Å². The largest absolute Gasteiger partial charge is 0.497 e. The summed E-state index contributed by atoms with van der Waals surface area (Å²) < 4.78 is 5.27. The van der Waals surface area contributed by atoms with Gasteiger partial charge in [0.05, 0.1) is 12.8 Å². The van der Waals surface area contributed by atoms with Gasteiger partial charge in [-0.2, -0.15) is 0 Å². The lowest BCUT2D eigenvalue weighted by molar-refractivity contribution is 0.318. The summed E-state index contributed by atoms with van der Waals surface area (Å²) in [6.07, 6.45) is 0. The van der Waals surface area contributed by atoms with Crippen LogP contribution in [0.1, 0.15) is 19.4 Å². The minimum atomic E-state index is 0.129. The molecule has 2 atom stereocenters. The second-order valence-corrected chi connectivity index (χ2v) is 5.23. The van der Waals surface area contributed by atoms with E-state index in [0.717, 1.165) is 30.1 Å². The third-order valence-electron chi connectivity index (χ3n) is 3.92. The van der Waals surface area contributed by atoms with Crippen molar-refractivity contribution in [3.05, 3.63) is 23.8 Å². The lowest BCUT2D eigenvalue weighted by atomic mass is 10.0. The van der Waals surface area contributed by atoms with Gasteiger partial charge in [0.25, 0.3) is 0 Å². The zero-order valence-electron chi connectivity index (χ0n) is 11.6. The lowest BCUT2D eigenvalue weighted by Crippen LogP contribution is -2.24. The molecule has 0 radical (unpaired) electrons. The first-order chi connectivity index (χ1) is 9.06. The Balaban J connectivity index is 2.41. The SMILES string of the molecule is COc1ccc(/C(N)=N/O)c(N2CC(C)C(C)C2)c1. The number of hydrogen-bond donors (Lipinski definition) is 2. The molecule has 19 heavy (non-hydrogen) atoms. The second kappa shape index (κ2) is 5.38. The molecule has 1 aliphatic rings. The van der Waals surface area contributed by atoms with Crippen molar-refractivity contribution in [2.75, 3.05) is 25.1 Å². The number of nitrogens with zero attached hydrogens (tertiary/aromatic N) is 2. The summed E-state index contributed by atoms with van der Waals surface area (Å²) in [6.45, 7) is 6.43. The van der Waals surface area contributed by atoms with Crippen molar-refractivity contribution < 1.29 is 9.94 Å². The highest BCUT2D eigenvalue weighted by atomic mass is 16.5. The Kier molecular flexibility index (Phi) is 3.83. The predicted molar refractivity (Wildman–Crippen MR) is 76.0 cm³/mol. The van der Waals surface area contributed by atoms with Crippen LogP contribution in [0.4, 0.5) is 5.69 Å². The average Bonchev–Trinajstić information content (AvgIpc) is 2.77. The fraction of sp³-hybridized carbons (Fsp3) is 0.500. The van der Waals surface area contributed by atoms with Crippen molar-refractivity contribution >= 4 is 11.5 Å². The van der Waals surface area contributed by atoms with E-state index in [1.54, 1.807) is 7.11 Å². The van der Waals surface area contributed by atoms with Crippen LogP contribution in [0.15, 0.2) is 23.4 Å². The number of oxime groups is 1. The third-order valence-corrected chi connectivity index (χ3v) is 3.92. The zero-order valence-corrected chi connectivity index (χ0v) is 11.6. The molecule has 1 aliphatic heterocycles. The predicted octanol–water partition coefficient (Wildman–Crippen LogP) is 1.88. The van der Waals surface area contributed by atoms with Gasteiger partial charge in [0.1, 0.15) is 5.75 Å². The van der Waals surface area contributed by atoms with E-state index in [1.165, 1.54) is 0 Å². The molecule has 0 aromatic heterocycles. The Morgan fingerprint density at radius 1 is 1.37 bits per heavy atom. The van der Waals surface area contributed by atoms with Crippen LogP contribution >= 0.6 is 0 Å². The van der Waals surface area contributed by atoms with Crippen molar-refractivity contribution in [2.45, 2.75) is 13.8 Å². The summed E-state index contributed by atoms with van der Waals surface area (Å²) in [5.74, 6) is 2.17. The number of methoxy groups -OCH3 is 1. The summed E-state index contributed by atoms with van der Waals surface area (Å²) >= 11 is 0. The van der Waals surface area contributed by atoms with Gasteiger partial charge in [-0.25, -0.2) is 0 Å². The maximum absolute atomic E-state index is 8.90. The maximum atomic E-state index is 8.90. The minimum Gasteiger partial charge on any atom is -0.497 e. The van der Waals surface area contributed by atoms with E-state index in [9.17, 15) is 0 Å². The van der Waals surface area contributed by atoms with Gasteiger partial charge in [-0.1, -0.05) is 19.0 Å². The molecule has 2 rings (SSSR count). The summed E-state index contributed by atoms with van der Waals surface area (Å²) in [5.41, 5.74) is 7.46. The molecule has 0 bridgehead atoms. The highest BCUT2D eigenvalue weighted by molar-refractivity contribution is 6.02. The summed E-state index contributed by atoms with van der Waals surface area (Å²) in [6, 6.07) is 5.59. The fourth-order valence-electron chi connectivity index (χ4n) is 2.50. The maximum Gasteiger partial charge on any atom is 0.172 e. The van der Waals surface area contributed by atoms with Gasteiger partial charge in [0, 0.05) is 24.7 Å². The van der Waals surface area contributed by atoms with E-state index in [-0.39, 0.29) is 5.84 Å². The Labute approximate surface area is 113 Å². The quantitative estimate of drug-likeness (QED) is 0.378. The average molecular weight is 263 g/mol. The van der Waals surface area contributed by atoms with Gasteiger partial charge in [-0.15, -0.1) is 0 Å². The number of amidine groups is 1. The van der Waals surface area contributed by atoms with E-state index < -0.39 is 0 Å². The van der Waals surface area contributed by atoms with Crippen LogP contribution in [0, 0.1) is 11.8 Å². The Morgan fingerprint density at radius 3 is 2.53 bits per heavy atom. The number of benzene rings is 1. The Bertz CT molecular complexity index is 478. The molecule has 5 heteroatoms. The van der Waals surface area contributed by atoms with Crippen molar-refractivity contribution in [2.24, 2.45) is 22.7 Å². The van der Waals surface area contributed by atoms with Gasteiger partial charge >= 0.3 is 0 Å². The Morgan fingerprint density at radius 2 is 2.00 bits per heavy atom. The van der Waals surface area contributed by atoms with Crippen molar-refractivity contribution in [1.29, 1.82) is 0 Å². The molecule has 0 saturated carbocycles. The number of rotatable bonds is 3. The van der Waals surface area contributed by atoms with Crippen LogP contribution in [0.2, 0.25) is 0 Å². The van der Waals surface area contributed by atoms with Gasteiger partial charge in [-0.05, 0) is 24.0 Å². The molecule has 1 fully saturated rings. The van der Waals surface area contributed by atoms with Crippen LogP contribution in [0.3, 0.4) is 0 Å². The van der Waals surface area contributed by atoms with Crippen molar-refractivity contribution in [3.8, 4) is 5.75 Å². The number of nitrogens with two attached hydrogens (primary N) is 1. The minimum absolute atomic E-state index is 0.129. The molecule has 0 spiro atoms. The summed E-state index contributed by atoms with van der Waals surface area (Å²) in [5, 5.41) is 12.0. The van der Waals surface area contributed by atoms with Crippen molar-refractivity contribution in [1.82, 2.24) is 0 Å². The first-order valence-electron chi connectivity index (χ1n) is 6.47. The van der Waals surface area contributed by atoms with E-state index in [1.807, 2.05) is 18.2 Å². The van der Waals surface area contributed by atoms with Crippen LogP contribution < -0.4 is 15.4 Å². The summed E-state index contributed by atoms with van der Waals surface area (Å²) in [4.78, 5) is 2.27. The molecule has 1 heterocycles. The molecule has 3 N–H and O–H groups in total. The van der Waals surface area contributed by atoms with Crippen LogP contribution in [-0.2, 0) is 0 Å². The first kappa shape index (κ1) is 13.5. The second-order valence-electron chi connectivity index (χ2n) is 5.23. The van der Waals surface area contributed by atoms with Gasteiger partial charge in [0.2, 0.25) is 0 Å². The van der Waals surface area contributed by atoms with E-state index >= 15 is 0 Å². The molecule has 1 saturated heterocycles. The normalized spacial score (nSPS) is 23.7. The molecule has 0 aliphatic carbocycles. The summed E-state index contributed by atoms with van der Waals surface area (Å²) in [7, 11) is 1.64.